The highest BCUT2D eigenvalue weighted by atomic mass is 16.5. The normalized spacial score (nSPS) is 11.7. The van der Waals surface area contributed by atoms with Crippen molar-refractivity contribution in [3.63, 3.8) is 0 Å². The summed E-state index contributed by atoms with van der Waals surface area (Å²) in [6.07, 6.45) is 1.52. The third-order valence-electron chi connectivity index (χ3n) is 6.21. The lowest BCUT2D eigenvalue weighted by atomic mass is 9.96. The van der Waals surface area contributed by atoms with Gasteiger partial charge in [0, 0.05) is 18.4 Å². The van der Waals surface area contributed by atoms with Crippen LogP contribution in [-0.4, -0.2) is 31.6 Å². The van der Waals surface area contributed by atoms with Crippen molar-refractivity contribution < 1.29 is 23.8 Å². The highest BCUT2D eigenvalue weighted by Gasteiger charge is 2.18. The van der Waals surface area contributed by atoms with Gasteiger partial charge in [0.25, 0.3) is 0 Å². The second-order valence-electron chi connectivity index (χ2n) is 9.34. The molecule has 0 aliphatic heterocycles. The van der Waals surface area contributed by atoms with Crippen molar-refractivity contribution in [1.29, 1.82) is 0 Å². The second kappa shape index (κ2) is 12.9. The Morgan fingerprint density at radius 3 is 2.33 bits per heavy atom. The van der Waals surface area contributed by atoms with Crippen molar-refractivity contribution in [2.75, 3.05) is 13.7 Å². The third kappa shape index (κ3) is 7.45. The Hall–Kier alpha value is -3.60. The molecule has 0 aliphatic rings. The maximum atomic E-state index is 13.3. The van der Waals surface area contributed by atoms with Crippen molar-refractivity contribution in [3.05, 3.63) is 94.5 Å². The van der Waals surface area contributed by atoms with Gasteiger partial charge in [-0.25, -0.2) is 0 Å². The van der Waals surface area contributed by atoms with Crippen molar-refractivity contribution in [2.24, 2.45) is 0 Å². The van der Waals surface area contributed by atoms with Gasteiger partial charge in [-0.3, -0.25) is 9.59 Å². The summed E-state index contributed by atoms with van der Waals surface area (Å²) in [7, 11) is 1.40. The fourth-order valence-electron chi connectivity index (χ4n) is 3.93. The van der Waals surface area contributed by atoms with Gasteiger partial charge in [-0.1, -0.05) is 56.3 Å². The molecule has 3 aromatic carbocycles. The van der Waals surface area contributed by atoms with Crippen molar-refractivity contribution >= 4 is 11.8 Å². The average molecular weight is 489 g/mol. The molecule has 0 N–H and O–H groups in total. The van der Waals surface area contributed by atoms with Gasteiger partial charge in [-0.2, -0.15) is 0 Å². The van der Waals surface area contributed by atoms with Crippen LogP contribution in [-0.2, 0) is 16.0 Å². The maximum absolute atomic E-state index is 13.3. The van der Waals surface area contributed by atoms with Gasteiger partial charge in [0.1, 0.15) is 11.5 Å². The number of carbonyl (C=O) groups is 2. The summed E-state index contributed by atoms with van der Waals surface area (Å²) in [5.74, 6) is 1.42. The van der Waals surface area contributed by atoms with Gasteiger partial charge in [0.05, 0.1) is 25.4 Å². The Morgan fingerprint density at radius 1 is 0.917 bits per heavy atom. The summed E-state index contributed by atoms with van der Waals surface area (Å²) in [5.41, 5.74) is 4.51. The van der Waals surface area contributed by atoms with Crippen LogP contribution >= 0.6 is 0 Å². The van der Waals surface area contributed by atoms with Crippen LogP contribution in [0, 0.1) is 6.92 Å². The fourth-order valence-corrected chi connectivity index (χ4v) is 3.93. The van der Waals surface area contributed by atoms with E-state index in [2.05, 4.69) is 13.8 Å². The molecule has 1 unspecified atom stereocenters. The zero-order valence-electron chi connectivity index (χ0n) is 21.9. The summed E-state index contributed by atoms with van der Waals surface area (Å²) < 4.78 is 16.9. The number of carbonyl (C=O) groups excluding carboxylic acids is 2. The molecule has 0 fully saturated rings. The predicted octanol–water partition coefficient (Wildman–Crippen LogP) is 6.69. The Kier molecular flexibility index (Phi) is 9.69. The van der Waals surface area contributed by atoms with E-state index < -0.39 is 0 Å². The minimum absolute atomic E-state index is 0.0423. The minimum atomic E-state index is -0.212. The van der Waals surface area contributed by atoms with E-state index >= 15 is 0 Å². The lowest BCUT2D eigenvalue weighted by Crippen LogP contribution is -2.18. The Morgan fingerprint density at radius 2 is 1.67 bits per heavy atom. The molecule has 0 bridgehead atoms. The van der Waals surface area contributed by atoms with E-state index in [1.54, 1.807) is 0 Å². The van der Waals surface area contributed by atoms with E-state index in [-0.39, 0.29) is 17.9 Å². The number of rotatable bonds is 12. The number of ether oxygens (including phenoxy) is 3. The van der Waals surface area contributed by atoms with E-state index in [1.807, 2.05) is 80.6 Å². The molecule has 0 spiro atoms. The number of hydrogen-bond donors (Lipinski definition) is 0. The molecular weight excluding hydrogens is 452 g/mol. The molecule has 36 heavy (non-hydrogen) atoms. The van der Waals surface area contributed by atoms with Gasteiger partial charge in [-0.15, -0.1) is 0 Å². The molecule has 0 saturated heterocycles. The van der Waals surface area contributed by atoms with Crippen LogP contribution in [0.1, 0.15) is 72.1 Å². The first-order valence-corrected chi connectivity index (χ1v) is 12.5. The number of aryl methyl sites for hydroxylation is 2. The quantitative estimate of drug-likeness (QED) is 0.210. The van der Waals surface area contributed by atoms with E-state index in [1.165, 1.54) is 7.11 Å². The summed E-state index contributed by atoms with van der Waals surface area (Å²) in [6.45, 7) is 8.70. The second-order valence-corrected chi connectivity index (χ2v) is 9.34. The maximum Gasteiger partial charge on any atom is 0.305 e. The summed E-state index contributed by atoms with van der Waals surface area (Å²) >= 11 is 0. The lowest BCUT2D eigenvalue weighted by molar-refractivity contribution is -0.140. The topological polar surface area (TPSA) is 61.8 Å². The SMILES string of the molecule is COC(=O)CCc1ccc(OCCC(C)Oc2ccc(C(C)C)cc2C(=O)c2ccccc2)cc1C. The number of benzene rings is 3. The summed E-state index contributed by atoms with van der Waals surface area (Å²) in [5, 5.41) is 0. The van der Waals surface area contributed by atoms with Crippen molar-refractivity contribution in [2.45, 2.75) is 59.0 Å². The van der Waals surface area contributed by atoms with E-state index in [0.717, 1.165) is 22.4 Å². The molecule has 0 saturated carbocycles. The van der Waals surface area contributed by atoms with Crippen LogP contribution in [0.15, 0.2) is 66.7 Å². The molecule has 0 radical (unpaired) electrons. The monoisotopic (exact) mass is 488 g/mol. The first-order valence-electron chi connectivity index (χ1n) is 12.5. The molecule has 190 valence electrons. The molecule has 5 heteroatoms. The summed E-state index contributed by atoms with van der Waals surface area (Å²) in [6, 6.07) is 21.1. The van der Waals surface area contributed by atoms with Gasteiger partial charge in [0.15, 0.2) is 5.78 Å². The Labute approximate surface area is 214 Å². The van der Waals surface area contributed by atoms with Crippen LogP contribution in [0.5, 0.6) is 11.5 Å². The van der Waals surface area contributed by atoms with Crippen LogP contribution in [0.25, 0.3) is 0 Å². The van der Waals surface area contributed by atoms with Crippen molar-refractivity contribution in [3.8, 4) is 11.5 Å². The molecule has 3 rings (SSSR count). The first kappa shape index (κ1) is 27.0. The van der Waals surface area contributed by atoms with E-state index in [4.69, 9.17) is 14.2 Å². The molecule has 0 heterocycles. The van der Waals surface area contributed by atoms with Gasteiger partial charge in [-0.05, 0) is 67.1 Å². The number of ketones is 1. The fraction of sp³-hybridized carbons (Fsp3) is 0.355. The van der Waals surface area contributed by atoms with Crippen molar-refractivity contribution in [1.82, 2.24) is 0 Å². The smallest absolute Gasteiger partial charge is 0.305 e. The zero-order chi connectivity index (χ0) is 26.1. The number of esters is 1. The van der Waals surface area contributed by atoms with Crippen LogP contribution < -0.4 is 9.47 Å². The molecule has 0 aliphatic carbocycles. The molecule has 0 aromatic heterocycles. The standard InChI is InChI=1S/C31H36O5/c1-21(2)26-12-15-29(28(20-26)31(33)25-9-7-6-8-10-25)36-23(4)17-18-35-27-14-11-24(22(3)19-27)13-16-30(32)34-5/h6-12,14-15,19-21,23H,13,16-18H2,1-5H3. The van der Waals surface area contributed by atoms with Gasteiger partial charge >= 0.3 is 5.97 Å². The minimum Gasteiger partial charge on any atom is -0.493 e. The lowest BCUT2D eigenvalue weighted by Gasteiger charge is -2.19. The molecule has 1 atom stereocenters. The zero-order valence-corrected chi connectivity index (χ0v) is 21.9. The Balaban J connectivity index is 1.62. The molecule has 0 amide bonds. The van der Waals surface area contributed by atoms with Gasteiger partial charge in [0.2, 0.25) is 0 Å². The highest BCUT2D eigenvalue weighted by molar-refractivity contribution is 6.10. The predicted molar refractivity (Wildman–Crippen MR) is 142 cm³/mol. The molecule has 5 nitrogen and oxygen atoms in total. The first-order chi connectivity index (χ1) is 17.3. The number of hydrogen-bond acceptors (Lipinski definition) is 5. The largest absolute Gasteiger partial charge is 0.493 e. The Bertz CT molecular complexity index is 1170. The van der Waals surface area contributed by atoms with Crippen LogP contribution in [0.2, 0.25) is 0 Å². The van der Waals surface area contributed by atoms with E-state index in [0.29, 0.717) is 48.7 Å². The molecule has 3 aromatic rings. The van der Waals surface area contributed by atoms with E-state index in [9.17, 15) is 9.59 Å². The van der Waals surface area contributed by atoms with Crippen LogP contribution in [0.3, 0.4) is 0 Å². The average Bonchev–Trinajstić information content (AvgIpc) is 2.88. The third-order valence-corrected chi connectivity index (χ3v) is 6.21. The summed E-state index contributed by atoms with van der Waals surface area (Å²) in [4.78, 5) is 24.7. The van der Waals surface area contributed by atoms with Gasteiger partial charge < -0.3 is 14.2 Å². The van der Waals surface area contributed by atoms with Crippen LogP contribution in [0.4, 0.5) is 0 Å². The highest BCUT2D eigenvalue weighted by Crippen LogP contribution is 2.28. The number of methoxy groups -OCH3 is 1. The molecular formula is C31H36O5.